The van der Waals surface area contributed by atoms with E-state index in [0.717, 1.165) is 40.0 Å². The summed E-state index contributed by atoms with van der Waals surface area (Å²) in [5.41, 5.74) is 4.40. The number of hydrogen-bond donors (Lipinski definition) is 6. The molecule has 0 aliphatic rings. The molecule has 4 rings (SSSR count). The number of hydrogen-bond acceptors (Lipinski definition) is 7. The first-order valence-corrected chi connectivity index (χ1v) is 11.6. The minimum absolute atomic E-state index is 0. The van der Waals surface area contributed by atoms with Gasteiger partial charge in [0.25, 0.3) is 0 Å². The Morgan fingerprint density at radius 3 is 2.46 bits per heavy atom. The molecule has 1 heterocycles. The second-order valence-electron chi connectivity index (χ2n) is 7.94. The summed E-state index contributed by atoms with van der Waals surface area (Å²) in [7, 11) is 0. The van der Waals surface area contributed by atoms with Gasteiger partial charge in [0.1, 0.15) is 23.2 Å². The van der Waals surface area contributed by atoms with Crippen LogP contribution in [0.2, 0.25) is 0 Å². The number of aromatic hydroxyl groups is 2. The van der Waals surface area contributed by atoms with Crippen LogP contribution in [0.1, 0.15) is 22.3 Å². The maximum atomic E-state index is 11.6. The standard InChI is InChI=1S/C25H27N3O4S.2ClH/c29-20-7-2-1-6-19(20)15-26-14-17-5-3-4-16(12-17)10-11-27-22(31)13-18-8-9-21(30)23-24(18)33-25(32)28-23;;/h1-9,12,22,26-27,29-31H,10-11,13-15H2,(H,28,32);2*1H. The summed E-state index contributed by atoms with van der Waals surface area (Å²) in [6.45, 7) is 1.88. The second kappa shape index (κ2) is 13.5. The topological polar surface area (TPSA) is 118 Å². The molecule has 0 radical (unpaired) electrons. The van der Waals surface area contributed by atoms with Crippen LogP contribution in [0, 0.1) is 0 Å². The Morgan fingerprint density at radius 2 is 1.66 bits per heavy atom. The highest BCUT2D eigenvalue weighted by Crippen LogP contribution is 2.28. The maximum Gasteiger partial charge on any atom is 0.305 e. The first-order chi connectivity index (χ1) is 16.0. The molecule has 0 bridgehead atoms. The summed E-state index contributed by atoms with van der Waals surface area (Å²) in [4.78, 5) is 14.0. The lowest BCUT2D eigenvalue weighted by Crippen LogP contribution is -2.32. The van der Waals surface area contributed by atoms with Crippen LogP contribution in [0.4, 0.5) is 0 Å². The molecule has 188 valence electrons. The molecule has 0 aliphatic carbocycles. The van der Waals surface area contributed by atoms with Gasteiger partial charge in [0.2, 0.25) is 0 Å². The lowest BCUT2D eigenvalue weighted by molar-refractivity contribution is 0.138. The third-order valence-corrected chi connectivity index (χ3v) is 6.43. The van der Waals surface area contributed by atoms with Crippen molar-refractivity contribution in [2.24, 2.45) is 0 Å². The number of phenolic OH excluding ortho intramolecular Hbond substituents is 2. The average molecular weight is 538 g/mol. The van der Waals surface area contributed by atoms with Gasteiger partial charge in [0.15, 0.2) is 0 Å². The molecular formula is C25H29Cl2N3O4S. The van der Waals surface area contributed by atoms with Crippen molar-refractivity contribution in [2.45, 2.75) is 32.2 Å². The zero-order valence-electron chi connectivity index (χ0n) is 18.9. The van der Waals surface area contributed by atoms with Crippen LogP contribution in [-0.2, 0) is 25.9 Å². The number of nitrogens with one attached hydrogen (secondary N) is 3. The molecule has 35 heavy (non-hydrogen) atoms. The molecule has 0 amide bonds. The molecule has 1 atom stereocenters. The van der Waals surface area contributed by atoms with E-state index < -0.39 is 6.23 Å². The minimum Gasteiger partial charge on any atom is -0.508 e. The molecule has 3 aromatic carbocycles. The summed E-state index contributed by atoms with van der Waals surface area (Å²) in [6, 6.07) is 18.8. The predicted octanol–water partition coefficient (Wildman–Crippen LogP) is 3.83. The number of aromatic nitrogens is 1. The molecule has 7 nitrogen and oxygen atoms in total. The summed E-state index contributed by atoms with van der Waals surface area (Å²) >= 11 is 1.03. The van der Waals surface area contributed by atoms with Crippen LogP contribution in [0.3, 0.4) is 0 Å². The number of aliphatic hydroxyl groups is 1. The predicted molar refractivity (Wildman–Crippen MR) is 145 cm³/mol. The zero-order chi connectivity index (χ0) is 23.2. The number of rotatable bonds is 10. The number of aliphatic hydroxyl groups excluding tert-OH is 1. The van der Waals surface area contributed by atoms with Gasteiger partial charge in [-0.1, -0.05) is 59.9 Å². The molecule has 0 saturated heterocycles. The van der Waals surface area contributed by atoms with Gasteiger partial charge < -0.3 is 25.6 Å². The van der Waals surface area contributed by atoms with Crippen LogP contribution in [0.25, 0.3) is 10.2 Å². The number of phenols is 2. The Balaban J connectivity index is 0.00000216. The Morgan fingerprint density at radius 1 is 0.886 bits per heavy atom. The molecule has 1 unspecified atom stereocenters. The Labute approximate surface area is 219 Å². The van der Waals surface area contributed by atoms with E-state index in [4.69, 9.17) is 0 Å². The molecule has 0 fully saturated rings. The third-order valence-electron chi connectivity index (χ3n) is 5.47. The van der Waals surface area contributed by atoms with Crippen molar-refractivity contribution in [1.29, 1.82) is 0 Å². The number of halogens is 2. The summed E-state index contributed by atoms with van der Waals surface area (Å²) in [5, 5.41) is 36.7. The van der Waals surface area contributed by atoms with Crippen molar-refractivity contribution >= 4 is 46.4 Å². The quantitative estimate of drug-likeness (QED) is 0.171. The Kier molecular flexibility index (Phi) is 11.0. The third kappa shape index (κ3) is 7.70. The van der Waals surface area contributed by atoms with Gasteiger partial charge in [-0.2, -0.15) is 0 Å². The number of fused-ring (bicyclic) bond motifs is 1. The number of thiazole rings is 1. The van der Waals surface area contributed by atoms with Crippen LogP contribution in [-0.4, -0.2) is 33.1 Å². The van der Waals surface area contributed by atoms with Crippen LogP contribution in [0.5, 0.6) is 11.5 Å². The first kappa shape index (κ1) is 28.6. The van der Waals surface area contributed by atoms with E-state index in [1.807, 2.05) is 24.3 Å². The maximum absolute atomic E-state index is 11.6. The monoisotopic (exact) mass is 537 g/mol. The lowest BCUT2D eigenvalue weighted by atomic mass is 10.1. The van der Waals surface area contributed by atoms with Crippen molar-refractivity contribution in [3.63, 3.8) is 0 Å². The number of H-pyrrole nitrogens is 1. The summed E-state index contributed by atoms with van der Waals surface area (Å²) in [5.74, 6) is 0.326. The molecule has 0 aliphatic heterocycles. The fraction of sp³-hybridized carbons (Fsp3) is 0.240. The highest BCUT2D eigenvalue weighted by molar-refractivity contribution is 7.16. The number of para-hydroxylation sites is 1. The fourth-order valence-electron chi connectivity index (χ4n) is 3.79. The normalized spacial score (nSPS) is 11.6. The lowest BCUT2D eigenvalue weighted by Gasteiger charge is -2.14. The molecule has 10 heteroatoms. The zero-order valence-corrected chi connectivity index (χ0v) is 21.3. The van der Waals surface area contributed by atoms with Gasteiger partial charge in [0, 0.05) is 31.6 Å². The Bertz CT molecular complexity index is 1300. The minimum atomic E-state index is -0.765. The molecule has 6 N–H and O–H groups in total. The van der Waals surface area contributed by atoms with Crippen LogP contribution in [0.15, 0.2) is 65.5 Å². The fourth-order valence-corrected chi connectivity index (χ4v) is 4.67. The average Bonchev–Trinajstić information content (AvgIpc) is 3.20. The summed E-state index contributed by atoms with van der Waals surface area (Å²) < 4.78 is 0.671. The van der Waals surface area contributed by atoms with Gasteiger partial charge in [-0.05, 0) is 35.2 Å². The molecule has 4 aromatic rings. The van der Waals surface area contributed by atoms with E-state index in [1.165, 1.54) is 6.07 Å². The number of benzene rings is 3. The van der Waals surface area contributed by atoms with Crippen molar-refractivity contribution in [3.05, 3.63) is 92.6 Å². The number of aromatic amines is 1. The highest BCUT2D eigenvalue weighted by Gasteiger charge is 2.13. The van der Waals surface area contributed by atoms with E-state index in [-0.39, 0.29) is 35.4 Å². The van der Waals surface area contributed by atoms with Crippen LogP contribution >= 0.6 is 36.2 Å². The van der Waals surface area contributed by atoms with Crippen molar-refractivity contribution in [1.82, 2.24) is 15.6 Å². The molecule has 0 saturated carbocycles. The summed E-state index contributed by atoms with van der Waals surface area (Å²) in [6.07, 6.45) is 0.326. The van der Waals surface area contributed by atoms with Gasteiger partial charge in [-0.3, -0.25) is 10.1 Å². The van der Waals surface area contributed by atoms with E-state index in [2.05, 4.69) is 33.8 Å². The van der Waals surface area contributed by atoms with E-state index in [0.29, 0.717) is 42.0 Å². The van der Waals surface area contributed by atoms with Gasteiger partial charge in [0.05, 0.1) is 4.70 Å². The SMILES string of the molecule is Cl.Cl.O=c1[nH]c2c(O)ccc(CC(O)NCCc3cccc(CNCc4ccccc4O)c3)c2s1. The second-order valence-corrected chi connectivity index (χ2v) is 8.92. The van der Waals surface area contributed by atoms with Gasteiger partial charge in [-0.15, -0.1) is 24.8 Å². The van der Waals surface area contributed by atoms with E-state index in [9.17, 15) is 20.1 Å². The Hall–Kier alpha value is -2.59. The van der Waals surface area contributed by atoms with Gasteiger partial charge in [-0.25, -0.2) is 0 Å². The first-order valence-electron chi connectivity index (χ1n) is 10.8. The largest absolute Gasteiger partial charge is 0.508 e. The molecule has 1 aromatic heterocycles. The molecular weight excluding hydrogens is 509 g/mol. The highest BCUT2D eigenvalue weighted by atomic mass is 35.5. The van der Waals surface area contributed by atoms with Crippen molar-refractivity contribution < 1.29 is 15.3 Å². The van der Waals surface area contributed by atoms with Gasteiger partial charge >= 0.3 is 4.87 Å². The van der Waals surface area contributed by atoms with E-state index >= 15 is 0 Å². The smallest absolute Gasteiger partial charge is 0.305 e. The van der Waals surface area contributed by atoms with Crippen molar-refractivity contribution in [2.75, 3.05) is 6.54 Å². The van der Waals surface area contributed by atoms with E-state index in [1.54, 1.807) is 12.1 Å². The molecule has 0 spiro atoms. The van der Waals surface area contributed by atoms with Crippen LogP contribution < -0.4 is 15.5 Å². The van der Waals surface area contributed by atoms with Crippen molar-refractivity contribution in [3.8, 4) is 11.5 Å².